The predicted octanol–water partition coefficient (Wildman–Crippen LogP) is 3.06. The summed E-state index contributed by atoms with van der Waals surface area (Å²) in [6.07, 6.45) is 2.41. The molecule has 0 aliphatic carbocycles. The Morgan fingerprint density at radius 3 is 2.79 bits per heavy atom. The molecule has 0 unspecified atom stereocenters. The minimum atomic E-state index is 0.0763. The number of piperidine rings is 1. The van der Waals surface area contributed by atoms with Crippen molar-refractivity contribution in [3.05, 3.63) is 28.8 Å². The summed E-state index contributed by atoms with van der Waals surface area (Å²) in [5.74, 6) is 0.0763. The number of halogens is 1. The Balaban J connectivity index is 2.26. The van der Waals surface area contributed by atoms with E-state index in [-0.39, 0.29) is 5.84 Å². The smallest absolute Gasteiger partial charge is 0.170 e. The molecule has 1 aromatic rings. The number of benzene rings is 1. The third-order valence-electron chi connectivity index (χ3n) is 3.59. The average molecular weight is 282 g/mol. The minimum Gasteiger partial charge on any atom is -0.409 e. The molecule has 3 N–H and O–H groups in total. The van der Waals surface area contributed by atoms with E-state index in [1.807, 2.05) is 12.1 Å². The van der Waals surface area contributed by atoms with Crippen LogP contribution in [0.25, 0.3) is 0 Å². The van der Waals surface area contributed by atoms with Gasteiger partial charge in [0.2, 0.25) is 0 Å². The van der Waals surface area contributed by atoms with Gasteiger partial charge in [-0.15, -0.1) is 0 Å². The van der Waals surface area contributed by atoms with Gasteiger partial charge in [0.15, 0.2) is 5.84 Å². The monoisotopic (exact) mass is 281 g/mol. The van der Waals surface area contributed by atoms with E-state index in [1.165, 1.54) is 12.8 Å². The first-order chi connectivity index (χ1) is 8.93. The van der Waals surface area contributed by atoms with Crippen LogP contribution in [0.1, 0.15) is 32.3 Å². The van der Waals surface area contributed by atoms with Crippen LogP contribution in [0.2, 0.25) is 5.02 Å². The molecule has 0 atom stereocenters. The van der Waals surface area contributed by atoms with Gasteiger partial charge in [0, 0.05) is 18.7 Å². The van der Waals surface area contributed by atoms with Crippen molar-refractivity contribution in [1.29, 1.82) is 0 Å². The van der Waals surface area contributed by atoms with E-state index in [9.17, 15) is 0 Å². The molecule has 0 saturated carbocycles. The zero-order valence-electron chi connectivity index (χ0n) is 11.4. The van der Waals surface area contributed by atoms with Gasteiger partial charge < -0.3 is 15.8 Å². The van der Waals surface area contributed by atoms with E-state index in [0.717, 1.165) is 18.8 Å². The van der Waals surface area contributed by atoms with Crippen molar-refractivity contribution in [1.82, 2.24) is 0 Å². The SMILES string of the molecule is CC1(C)CCCN(c2ccc(C(N)=NO)cc2Cl)C1. The third-order valence-corrected chi connectivity index (χ3v) is 3.90. The van der Waals surface area contributed by atoms with Crippen molar-refractivity contribution in [2.24, 2.45) is 16.3 Å². The fourth-order valence-corrected chi connectivity index (χ4v) is 2.91. The second-order valence-corrected chi connectivity index (χ2v) is 6.25. The third kappa shape index (κ3) is 3.13. The van der Waals surface area contributed by atoms with Crippen LogP contribution in [0.4, 0.5) is 5.69 Å². The Bertz CT molecular complexity index is 499. The highest BCUT2D eigenvalue weighted by Gasteiger charge is 2.27. The number of amidine groups is 1. The Labute approximate surface area is 118 Å². The molecule has 5 heteroatoms. The maximum Gasteiger partial charge on any atom is 0.170 e. The average Bonchev–Trinajstić information content (AvgIpc) is 2.36. The lowest BCUT2D eigenvalue weighted by atomic mass is 9.84. The fraction of sp³-hybridized carbons (Fsp3) is 0.500. The summed E-state index contributed by atoms with van der Waals surface area (Å²) < 4.78 is 0. The Morgan fingerprint density at radius 2 is 2.21 bits per heavy atom. The molecule has 2 rings (SSSR count). The largest absolute Gasteiger partial charge is 0.409 e. The second-order valence-electron chi connectivity index (χ2n) is 5.84. The van der Waals surface area contributed by atoms with Gasteiger partial charge in [-0.2, -0.15) is 0 Å². The molecule has 4 nitrogen and oxygen atoms in total. The predicted molar refractivity (Wildman–Crippen MR) is 79.2 cm³/mol. The fourth-order valence-electron chi connectivity index (χ4n) is 2.61. The van der Waals surface area contributed by atoms with E-state index in [1.54, 1.807) is 6.07 Å². The Kier molecular flexibility index (Phi) is 3.90. The zero-order chi connectivity index (χ0) is 14.0. The molecule has 1 heterocycles. The molecule has 0 spiro atoms. The van der Waals surface area contributed by atoms with Crippen LogP contribution >= 0.6 is 11.6 Å². The molecule has 1 fully saturated rings. The standard InChI is InChI=1S/C14H20ClN3O/c1-14(2)6-3-7-18(9-14)12-5-4-10(8-11(12)15)13(16)17-19/h4-5,8,19H,3,6-7,9H2,1-2H3,(H2,16,17). The number of anilines is 1. The van der Waals surface area contributed by atoms with Crippen molar-refractivity contribution in [3.8, 4) is 0 Å². The van der Waals surface area contributed by atoms with Gasteiger partial charge in [-0.1, -0.05) is 30.6 Å². The van der Waals surface area contributed by atoms with Crippen LogP contribution in [0.3, 0.4) is 0 Å². The van der Waals surface area contributed by atoms with Crippen molar-refractivity contribution in [2.45, 2.75) is 26.7 Å². The lowest BCUT2D eigenvalue weighted by Gasteiger charge is -2.39. The molecule has 0 bridgehead atoms. The number of hydrogen-bond donors (Lipinski definition) is 2. The number of nitrogens with two attached hydrogens (primary N) is 1. The maximum absolute atomic E-state index is 8.68. The molecule has 19 heavy (non-hydrogen) atoms. The number of hydrogen-bond acceptors (Lipinski definition) is 3. The topological polar surface area (TPSA) is 61.8 Å². The minimum absolute atomic E-state index is 0.0763. The summed E-state index contributed by atoms with van der Waals surface area (Å²) in [5.41, 5.74) is 7.52. The molecule has 104 valence electrons. The van der Waals surface area contributed by atoms with E-state index >= 15 is 0 Å². The van der Waals surface area contributed by atoms with E-state index in [0.29, 0.717) is 16.0 Å². The number of nitrogens with zero attached hydrogens (tertiary/aromatic N) is 2. The van der Waals surface area contributed by atoms with Gasteiger partial charge in [-0.25, -0.2) is 0 Å². The molecule has 0 radical (unpaired) electrons. The van der Waals surface area contributed by atoms with Crippen LogP contribution in [0, 0.1) is 5.41 Å². The first kappa shape index (κ1) is 14.0. The highest BCUT2D eigenvalue weighted by Crippen LogP contribution is 2.35. The van der Waals surface area contributed by atoms with Gasteiger partial charge in [-0.05, 0) is 36.5 Å². The number of oxime groups is 1. The van der Waals surface area contributed by atoms with E-state index < -0.39 is 0 Å². The first-order valence-corrected chi connectivity index (χ1v) is 6.83. The second kappa shape index (κ2) is 5.29. The van der Waals surface area contributed by atoms with Crippen LogP contribution in [0.15, 0.2) is 23.4 Å². The van der Waals surface area contributed by atoms with Crippen molar-refractivity contribution < 1.29 is 5.21 Å². The summed E-state index contributed by atoms with van der Waals surface area (Å²) in [6, 6.07) is 5.52. The van der Waals surface area contributed by atoms with Gasteiger partial charge in [0.25, 0.3) is 0 Å². The highest BCUT2D eigenvalue weighted by atomic mass is 35.5. The van der Waals surface area contributed by atoms with Gasteiger partial charge >= 0.3 is 0 Å². The Hall–Kier alpha value is -1.42. The molecule has 1 aliphatic heterocycles. The first-order valence-electron chi connectivity index (χ1n) is 6.45. The van der Waals surface area contributed by atoms with Crippen LogP contribution in [0.5, 0.6) is 0 Å². The maximum atomic E-state index is 8.68. The number of rotatable bonds is 2. The summed E-state index contributed by atoms with van der Waals surface area (Å²) in [4.78, 5) is 2.31. The van der Waals surface area contributed by atoms with Gasteiger partial charge in [-0.3, -0.25) is 0 Å². The van der Waals surface area contributed by atoms with Crippen LogP contribution in [-0.2, 0) is 0 Å². The summed E-state index contributed by atoms with van der Waals surface area (Å²) in [5, 5.41) is 12.3. The van der Waals surface area contributed by atoms with E-state index in [2.05, 4.69) is 23.9 Å². The summed E-state index contributed by atoms with van der Waals surface area (Å²) >= 11 is 6.32. The molecule has 1 saturated heterocycles. The zero-order valence-corrected chi connectivity index (χ0v) is 12.1. The van der Waals surface area contributed by atoms with Gasteiger partial charge in [0.1, 0.15) is 0 Å². The molecular weight excluding hydrogens is 262 g/mol. The summed E-state index contributed by atoms with van der Waals surface area (Å²) in [7, 11) is 0. The van der Waals surface area contributed by atoms with Crippen LogP contribution < -0.4 is 10.6 Å². The normalized spacial score (nSPS) is 19.5. The van der Waals surface area contributed by atoms with Gasteiger partial charge in [0.05, 0.1) is 10.7 Å². The lowest BCUT2D eigenvalue weighted by Crippen LogP contribution is -2.40. The molecule has 0 amide bonds. The summed E-state index contributed by atoms with van der Waals surface area (Å²) in [6.45, 7) is 6.57. The van der Waals surface area contributed by atoms with Crippen molar-refractivity contribution in [3.63, 3.8) is 0 Å². The highest BCUT2D eigenvalue weighted by molar-refractivity contribution is 6.33. The van der Waals surface area contributed by atoms with Crippen LogP contribution in [-0.4, -0.2) is 24.1 Å². The lowest BCUT2D eigenvalue weighted by molar-refractivity contribution is 0.293. The quantitative estimate of drug-likeness (QED) is 0.379. The molecule has 0 aromatic heterocycles. The van der Waals surface area contributed by atoms with E-state index in [4.69, 9.17) is 22.5 Å². The Morgan fingerprint density at radius 1 is 1.47 bits per heavy atom. The van der Waals surface area contributed by atoms with Crippen molar-refractivity contribution in [2.75, 3.05) is 18.0 Å². The van der Waals surface area contributed by atoms with Crippen molar-refractivity contribution >= 4 is 23.1 Å². The molecule has 1 aromatic carbocycles. The molecular formula is C14H20ClN3O. The molecule has 1 aliphatic rings.